The maximum atomic E-state index is 12.0. The largest absolute Gasteiger partial charge is 0.352 e. The van der Waals surface area contributed by atoms with Crippen LogP contribution in [0.2, 0.25) is 0 Å². The Kier molecular flexibility index (Phi) is 4.68. The molecule has 19 heavy (non-hydrogen) atoms. The highest BCUT2D eigenvalue weighted by Crippen LogP contribution is 2.17. The van der Waals surface area contributed by atoms with Crippen LogP contribution < -0.4 is 5.32 Å². The first-order valence-electron chi connectivity index (χ1n) is 6.05. The maximum Gasteiger partial charge on any atom is 0.252 e. The number of hydrogen-bond acceptors (Lipinski definition) is 3. The second-order valence-corrected chi connectivity index (χ2v) is 5.11. The molecule has 100 valence electrons. The van der Waals surface area contributed by atoms with Crippen LogP contribution in [0.4, 0.5) is 0 Å². The zero-order valence-electron chi connectivity index (χ0n) is 10.6. The lowest BCUT2D eigenvalue weighted by Gasteiger charge is -2.07. The van der Waals surface area contributed by atoms with Crippen molar-refractivity contribution in [1.82, 2.24) is 20.3 Å². The van der Waals surface area contributed by atoms with Crippen molar-refractivity contribution in [3.05, 3.63) is 46.2 Å². The minimum Gasteiger partial charge on any atom is -0.352 e. The highest BCUT2D eigenvalue weighted by atomic mass is 79.9. The molecule has 0 aliphatic rings. The number of aromatic nitrogens is 3. The molecule has 2 aromatic rings. The van der Waals surface area contributed by atoms with Gasteiger partial charge in [-0.25, -0.2) is 0 Å². The van der Waals surface area contributed by atoms with Crippen LogP contribution in [-0.4, -0.2) is 27.4 Å². The minimum atomic E-state index is -0.0610. The predicted molar refractivity (Wildman–Crippen MR) is 75.9 cm³/mol. The van der Waals surface area contributed by atoms with Crippen LogP contribution in [0.5, 0.6) is 0 Å². The zero-order chi connectivity index (χ0) is 13.7. The fraction of sp³-hybridized carbons (Fsp3) is 0.308. The Balaban J connectivity index is 1.82. The van der Waals surface area contributed by atoms with Crippen LogP contribution in [-0.2, 0) is 6.54 Å². The smallest absolute Gasteiger partial charge is 0.252 e. The summed E-state index contributed by atoms with van der Waals surface area (Å²) in [5, 5.41) is 10.5. The summed E-state index contributed by atoms with van der Waals surface area (Å²) in [6.45, 7) is 3.32. The molecule has 1 aromatic carbocycles. The summed E-state index contributed by atoms with van der Waals surface area (Å²) in [7, 11) is 0. The van der Waals surface area contributed by atoms with Crippen LogP contribution >= 0.6 is 15.9 Å². The zero-order valence-corrected chi connectivity index (χ0v) is 12.2. The summed E-state index contributed by atoms with van der Waals surface area (Å²) in [4.78, 5) is 12.0. The van der Waals surface area contributed by atoms with Crippen molar-refractivity contribution >= 4 is 21.8 Å². The third-order valence-electron chi connectivity index (χ3n) is 2.69. The molecule has 1 amide bonds. The number of halogens is 1. The van der Waals surface area contributed by atoms with Gasteiger partial charge in [0.05, 0.1) is 11.8 Å². The fourth-order valence-corrected chi connectivity index (χ4v) is 2.13. The molecule has 0 saturated carbocycles. The molecular formula is C13H15BrN4O. The fourth-order valence-electron chi connectivity index (χ4n) is 1.70. The van der Waals surface area contributed by atoms with E-state index in [2.05, 4.69) is 31.6 Å². The van der Waals surface area contributed by atoms with E-state index in [9.17, 15) is 4.79 Å². The van der Waals surface area contributed by atoms with Crippen molar-refractivity contribution in [3.8, 4) is 0 Å². The molecular weight excluding hydrogens is 308 g/mol. The van der Waals surface area contributed by atoms with Gasteiger partial charge < -0.3 is 5.32 Å². The summed E-state index contributed by atoms with van der Waals surface area (Å²) in [6, 6.07) is 5.72. The van der Waals surface area contributed by atoms with E-state index in [4.69, 9.17) is 0 Å². The summed E-state index contributed by atoms with van der Waals surface area (Å²) >= 11 is 3.39. The monoisotopic (exact) mass is 322 g/mol. The number of nitrogens with zero attached hydrogens (tertiary/aromatic N) is 3. The number of carbonyl (C=O) groups is 1. The summed E-state index contributed by atoms with van der Waals surface area (Å²) in [6.07, 6.45) is 4.26. The third-order valence-corrected chi connectivity index (χ3v) is 3.38. The van der Waals surface area contributed by atoms with Gasteiger partial charge in [-0.05, 0) is 41.4 Å². The molecule has 0 unspecified atom stereocenters. The topological polar surface area (TPSA) is 59.8 Å². The van der Waals surface area contributed by atoms with E-state index in [0.717, 1.165) is 23.0 Å². The second kappa shape index (κ2) is 6.47. The average Bonchev–Trinajstić information content (AvgIpc) is 2.90. The molecule has 1 N–H and O–H groups in total. The van der Waals surface area contributed by atoms with E-state index < -0.39 is 0 Å². The Hall–Kier alpha value is -1.69. The van der Waals surface area contributed by atoms with Gasteiger partial charge in [-0.3, -0.25) is 9.48 Å². The van der Waals surface area contributed by atoms with Crippen molar-refractivity contribution in [3.63, 3.8) is 0 Å². The van der Waals surface area contributed by atoms with Crippen molar-refractivity contribution in [2.45, 2.75) is 19.9 Å². The summed E-state index contributed by atoms with van der Waals surface area (Å²) in [5.74, 6) is -0.0610. The molecule has 0 aliphatic carbocycles. The lowest BCUT2D eigenvalue weighted by molar-refractivity contribution is 0.0951. The first-order chi connectivity index (χ1) is 9.16. The van der Waals surface area contributed by atoms with E-state index in [1.165, 1.54) is 0 Å². The summed E-state index contributed by atoms with van der Waals surface area (Å²) in [5.41, 5.74) is 1.73. The van der Waals surface area contributed by atoms with Gasteiger partial charge in [0.2, 0.25) is 0 Å². The highest BCUT2D eigenvalue weighted by molar-refractivity contribution is 9.10. The van der Waals surface area contributed by atoms with Crippen molar-refractivity contribution < 1.29 is 4.79 Å². The lowest BCUT2D eigenvalue weighted by atomic mass is 10.1. The molecule has 0 atom stereocenters. The van der Waals surface area contributed by atoms with Crippen LogP contribution in [0, 0.1) is 6.92 Å². The van der Waals surface area contributed by atoms with Crippen LogP contribution in [0.1, 0.15) is 22.3 Å². The predicted octanol–water partition coefficient (Wildman–Crippen LogP) is 2.17. The number of amides is 1. The van der Waals surface area contributed by atoms with E-state index >= 15 is 0 Å². The number of hydrogen-bond donors (Lipinski definition) is 1. The molecule has 5 nitrogen and oxygen atoms in total. The number of benzene rings is 1. The number of rotatable bonds is 5. The van der Waals surface area contributed by atoms with Crippen molar-refractivity contribution in [1.29, 1.82) is 0 Å². The van der Waals surface area contributed by atoms with Gasteiger partial charge in [-0.2, -0.15) is 0 Å². The van der Waals surface area contributed by atoms with Gasteiger partial charge in [0.25, 0.3) is 5.91 Å². The normalized spacial score (nSPS) is 10.4. The van der Waals surface area contributed by atoms with Gasteiger partial charge in [0, 0.05) is 23.8 Å². The van der Waals surface area contributed by atoms with Crippen LogP contribution in [0.3, 0.4) is 0 Å². The van der Waals surface area contributed by atoms with Crippen LogP contribution in [0.25, 0.3) is 0 Å². The standard InChI is InChI=1S/C13H15BrN4O/c1-10-3-4-12(14)11(9-10)13(19)15-5-2-7-18-8-6-16-17-18/h3-4,6,8-9H,2,5,7H2,1H3,(H,15,19). The Morgan fingerprint density at radius 2 is 2.32 bits per heavy atom. The molecule has 0 bridgehead atoms. The molecule has 0 fully saturated rings. The summed E-state index contributed by atoms with van der Waals surface area (Å²) < 4.78 is 2.56. The van der Waals surface area contributed by atoms with E-state index in [1.807, 2.05) is 25.1 Å². The second-order valence-electron chi connectivity index (χ2n) is 4.26. The van der Waals surface area contributed by atoms with E-state index in [1.54, 1.807) is 17.1 Å². The number of carbonyl (C=O) groups excluding carboxylic acids is 1. The SMILES string of the molecule is Cc1ccc(Br)c(C(=O)NCCCn2ccnn2)c1. The van der Waals surface area contributed by atoms with Crippen molar-refractivity contribution in [2.24, 2.45) is 0 Å². The van der Waals surface area contributed by atoms with E-state index in [0.29, 0.717) is 12.1 Å². The van der Waals surface area contributed by atoms with Gasteiger partial charge in [-0.15, -0.1) is 5.10 Å². The van der Waals surface area contributed by atoms with Gasteiger partial charge >= 0.3 is 0 Å². The van der Waals surface area contributed by atoms with E-state index in [-0.39, 0.29) is 5.91 Å². The molecule has 0 radical (unpaired) electrons. The Morgan fingerprint density at radius 1 is 1.47 bits per heavy atom. The molecule has 1 aromatic heterocycles. The molecule has 0 saturated heterocycles. The molecule has 0 spiro atoms. The van der Waals surface area contributed by atoms with Crippen molar-refractivity contribution in [2.75, 3.05) is 6.54 Å². The lowest BCUT2D eigenvalue weighted by Crippen LogP contribution is -2.25. The molecule has 1 heterocycles. The molecule has 6 heteroatoms. The quantitative estimate of drug-likeness (QED) is 0.858. The average molecular weight is 323 g/mol. The number of nitrogens with one attached hydrogen (secondary N) is 1. The first kappa shape index (κ1) is 13.7. The maximum absolute atomic E-state index is 12.0. The Morgan fingerprint density at radius 3 is 3.05 bits per heavy atom. The first-order valence-corrected chi connectivity index (χ1v) is 6.84. The highest BCUT2D eigenvalue weighted by Gasteiger charge is 2.09. The van der Waals surface area contributed by atoms with Gasteiger partial charge in [-0.1, -0.05) is 16.8 Å². The third kappa shape index (κ3) is 3.89. The molecule has 2 rings (SSSR count). The Bertz CT molecular complexity index is 554. The van der Waals surface area contributed by atoms with Gasteiger partial charge in [0.15, 0.2) is 0 Å². The van der Waals surface area contributed by atoms with Crippen LogP contribution in [0.15, 0.2) is 35.1 Å². The number of aryl methyl sites for hydroxylation is 2. The van der Waals surface area contributed by atoms with Gasteiger partial charge in [0.1, 0.15) is 0 Å². The Labute approximate surface area is 120 Å². The minimum absolute atomic E-state index is 0.0610. The molecule has 0 aliphatic heterocycles.